The van der Waals surface area contributed by atoms with Crippen LogP contribution in [0.3, 0.4) is 0 Å². The van der Waals surface area contributed by atoms with E-state index < -0.39 is 0 Å². The van der Waals surface area contributed by atoms with Crippen LogP contribution in [0.25, 0.3) is 0 Å². The predicted octanol–water partition coefficient (Wildman–Crippen LogP) is 3.29. The lowest BCUT2D eigenvalue weighted by Crippen LogP contribution is -2.15. The molecular weight excluding hydrogens is 222 g/mol. The van der Waals surface area contributed by atoms with Crippen LogP contribution >= 0.6 is 0 Å². The molecule has 0 spiro atoms. The second-order valence-electron chi connectivity index (χ2n) is 5.88. The van der Waals surface area contributed by atoms with Gasteiger partial charge in [-0.3, -0.25) is 0 Å². The van der Waals surface area contributed by atoms with Crippen LogP contribution < -0.4 is 5.32 Å². The monoisotopic (exact) mass is 245 g/mol. The summed E-state index contributed by atoms with van der Waals surface area (Å²) in [5, 5.41) is 3.24. The Hall–Kier alpha value is -1.12. The van der Waals surface area contributed by atoms with E-state index >= 15 is 0 Å². The van der Waals surface area contributed by atoms with E-state index in [9.17, 15) is 0 Å². The zero-order valence-corrected chi connectivity index (χ0v) is 11.7. The number of fused-ring (bicyclic) bond motifs is 2. The summed E-state index contributed by atoms with van der Waals surface area (Å²) < 4.78 is 0. The van der Waals surface area contributed by atoms with E-state index in [1.54, 1.807) is 0 Å². The minimum absolute atomic E-state index is 0.625. The summed E-state index contributed by atoms with van der Waals surface area (Å²) in [5.74, 6) is 4.57. The van der Waals surface area contributed by atoms with Crippen molar-refractivity contribution in [1.29, 1.82) is 0 Å². The molecule has 18 heavy (non-hydrogen) atoms. The molecule has 2 bridgehead atoms. The first-order chi connectivity index (χ1) is 8.72. The second kappa shape index (κ2) is 4.52. The number of hydrogen-bond donors (Lipinski definition) is 1. The van der Waals surface area contributed by atoms with E-state index in [1.165, 1.54) is 31.2 Å². The summed E-state index contributed by atoms with van der Waals surface area (Å²) in [4.78, 5) is 9.60. The summed E-state index contributed by atoms with van der Waals surface area (Å²) in [6.45, 7) is 4.29. The van der Waals surface area contributed by atoms with Gasteiger partial charge < -0.3 is 5.32 Å². The van der Waals surface area contributed by atoms with Crippen molar-refractivity contribution in [3.05, 3.63) is 17.1 Å². The topological polar surface area (TPSA) is 37.8 Å². The lowest BCUT2D eigenvalue weighted by Gasteiger charge is -2.22. The molecule has 1 aromatic heterocycles. The number of hydrogen-bond acceptors (Lipinski definition) is 3. The molecule has 3 unspecified atom stereocenters. The van der Waals surface area contributed by atoms with Gasteiger partial charge in [-0.15, -0.1) is 0 Å². The molecule has 2 aliphatic carbocycles. The van der Waals surface area contributed by atoms with Crippen LogP contribution in [0.4, 0.5) is 5.82 Å². The van der Waals surface area contributed by atoms with Gasteiger partial charge in [0.15, 0.2) is 0 Å². The van der Waals surface area contributed by atoms with Gasteiger partial charge in [0.25, 0.3) is 0 Å². The summed E-state index contributed by atoms with van der Waals surface area (Å²) in [5.41, 5.74) is 2.43. The Labute approximate surface area is 109 Å². The maximum atomic E-state index is 4.80. The van der Waals surface area contributed by atoms with Crippen LogP contribution in [0, 0.1) is 18.8 Å². The number of aryl methyl sites for hydroxylation is 1. The molecule has 2 fully saturated rings. The van der Waals surface area contributed by atoms with E-state index in [1.807, 2.05) is 7.05 Å². The Bertz CT molecular complexity index is 455. The van der Waals surface area contributed by atoms with Crippen LogP contribution in [0.5, 0.6) is 0 Å². The van der Waals surface area contributed by atoms with Crippen LogP contribution in [-0.4, -0.2) is 17.0 Å². The highest BCUT2D eigenvalue weighted by Crippen LogP contribution is 2.52. The number of aromatic nitrogens is 2. The highest BCUT2D eigenvalue weighted by molar-refractivity contribution is 5.46. The average molecular weight is 245 g/mol. The molecule has 0 amide bonds. The fraction of sp³-hybridized carbons (Fsp3) is 0.733. The zero-order valence-electron chi connectivity index (χ0n) is 11.7. The molecule has 1 heterocycles. The molecule has 98 valence electrons. The molecule has 3 heteroatoms. The molecule has 3 atom stereocenters. The van der Waals surface area contributed by atoms with E-state index in [0.717, 1.165) is 35.6 Å². The van der Waals surface area contributed by atoms with Gasteiger partial charge in [0.1, 0.15) is 11.6 Å². The molecule has 0 aliphatic heterocycles. The number of rotatable bonds is 3. The molecule has 1 N–H and O–H groups in total. The molecular formula is C15H23N3. The maximum Gasteiger partial charge on any atom is 0.134 e. The molecule has 0 saturated heterocycles. The van der Waals surface area contributed by atoms with Crippen molar-refractivity contribution in [2.75, 3.05) is 12.4 Å². The average Bonchev–Trinajstić information content (AvgIpc) is 2.99. The molecule has 0 radical (unpaired) electrons. The third-order valence-electron chi connectivity index (χ3n) is 4.89. The van der Waals surface area contributed by atoms with E-state index in [2.05, 4.69) is 19.2 Å². The first kappa shape index (κ1) is 11.9. The van der Waals surface area contributed by atoms with E-state index in [-0.39, 0.29) is 0 Å². The highest BCUT2D eigenvalue weighted by atomic mass is 15.0. The largest absolute Gasteiger partial charge is 0.373 e. The van der Waals surface area contributed by atoms with Crippen molar-refractivity contribution in [3.8, 4) is 0 Å². The van der Waals surface area contributed by atoms with Gasteiger partial charge in [0.2, 0.25) is 0 Å². The normalized spacial score (nSPS) is 29.8. The molecule has 1 aromatic rings. The van der Waals surface area contributed by atoms with Crippen molar-refractivity contribution in [3.63, 3.8) is 0 Å². The molecule has 0 aromatic carbocycles. The van der Waals surface area contributed by atoms with Crippen molar-refractivity contribution >= 4 is 5.82 Å². The second-order valence-corrected chi connectivity index (χ2v) is 5.88. The van der Waals surface area contributed by atoms with Crippen molar-refractivity contribution in [2.24, 2.45) is 11.8 Å². The summed E-state index contributed by atoms with van der Waals surface area (Å²) in [7, 11) is 1.96. The first-order valence-corrected chi connectivity index (χ1v) is 7.28. The van der Waals surface area contributed by atoms with Crippen molar-refractivity contribution < 1.29 is 0 Å². The fourth-order valence-electron chi connectivity index (χ4n) is 3.97. The smallest absolute Gasteiger partial charge is 0.134 e. The van der Waals surface area contributed by atoms with Gasteiger partial charge in [-0.2, -0.15) is 0 Å². The van der Waals surface area contributed by atoms with E-state index in [4.69, 9.17) is 9.97 Å². The molecule has 2 saturated carbocycles. The van der Waals surface area contributed by atoms with Gasteiger partial charge in [-0.05, 0) is 44.4 Å². The van der Waals surface area contributed by atoms with Crippen LogP contribution in [0.2, 0.25) is 0 Å². The van der Waals surface area contributed by atoms with Gasteiger partial charge in [0.05, 0.1) is 0 Å². The predicted molar refractivity (Wildman–Crippen MR) is 73.9 cm³/mol. The van der Waals surface area contributed by atoms with Crippen molar-refractivity contribution in [1.82, 2.24) is 9.97 Å². The number of nitrogens with zero attached hydrogens (tertiary/aromatic N) is 2. The number of nitrogens with one attached hydrogen (secondary N) is 1. The molecule has 3 nitrogen and oxygen atoms in total. The minimum atomic E-state index is 0.625. The summed E-state index contributed by atoms with van der Waals surface area (Å²) in [6, 6.07) is 0. The lowest BCUT2D eigenvalue weighted by atomic mass is 9.88. The van der Waals surface area contributed by atoms with Gasteiger partial charge in [-0.25, -0.2) is 9.97 Å². The van der Waals surface area contributed by atoms with Crippen molar-refractivity contribution in [2.45, 2.75) is 51.9 Å². The maximum absolute atomic E-state index is 4.80. The Morgan fingerprint density at radius 1 is 1.22 bits per heavy atom. The van der Waals surface area contributed by atoms with Crippen LogP contribution in [-0.2, 0) is 6.42 Å². The Balaban J connectivity index is 1.95. The zero-order chi connectivity index (χ0) is 12.7. The quantitative estimate of drug-likeness (QED) is 0.888. The van der Waals surface area contributed by atoms with Gasteiger partial charge >= 0.3 is 0 Å². The summed E-state index contributed by atoms with van der Waals surface area (Å²) in [6.07, 6.45) is 6.56. The SMILES string of the molecule is CCc1c(C)nc(C2CC3CCC2C3)nc1NC. The third-order valence-corrected chi connectivity index (χ3v) is 4.89. The number of anilines is 1. The first-order valence-electron chi connectivity index (χ1n) is 7.28. The Kier molecular flexibility index (Phi) is 3.00. The van der Waals surface area contributed by atoms with Crippen LogP contribution in [0.1, 0.15) is 55.6 Å². The third kappa shape index (κ3) is 1.80. The Morgan fingerprint density at radius 2 is 2.06 bits per heavy atom. The molecule has 3 rings (SSSR count). The minimum Gasteiger partial charge on any atom is -0.373 e. The highest BCUT2D eigenvalue weighted by Gasteiger charge is 2.41. The van der Waals surface area contributed by atoms with Gasteiger partial charge in [-0.1, -0.05) is 13.3 Å². The fourth-order valence-corrected chi connectivity index (χ4v) is 3.97. The molecule has 2 aliphatic rings. The van der Waals surface area contributed by atoms with E-state index in [0.29, 0.717) is 5.92 Å². The standard InChI is InChI=1S/C15H23N3/c1-4-12-9(2)17-15(18-14(12)16-3)13-8-10-5-6-11(13)7-10/h10-11,13H,4-8H2,1-3H3,(H,16,17,18). The van der Waals surface area contributed by atoms with Crippen LogP contribution in [0.15, 0.2) is 0 Å². The lowest BCUT2D eigenvalue weighted by molar-refractivity contribution is 0.405. The Morgan fingerprint density at radius 3 is 2.61 bits per heavy atom. The van der Waals surface area contributed by atoms with Gasteiger partial charge in [0, 0.05) is 24.2 Å². The summed E-state index contributed by atoms with van der Waals surface area (Å²) >= 11 is 0.